The molecule has 31 heavy (non-hydrogen) atoms. The summed E-state index contributed by atoms with van der Waals surface area (Å²) >= 11 is 0. The standard InChI is InChI=1S/C24H36N4O3/c1-5-20-19(21(6-2)31-28-20)16-27-24(25-7-3)26-15-17-11-10-14-22(29-4)23(17)30-18-12-8-9-13-18/h10-11,14,18H,5-9,12-13,15-16H2,1-4H3,(H2,25,26,27). The van der Waals surface area contributed by atoms with Gasteiger partial charge in [-0.1, -0.05) is 31.1 Å². The minimum absolute atomic E-state index is 0.263. The highest BCUT2D eigenvalue weighted by molar-refractivity contribution is 5.79. The third kappa shape index (κ3) is 5.93. The lowest BCUT2D eigenvalue weighted by molar-refractivity contribution is 0.198. The van der Waals surface area contributed by atoms with Gasteiger partial charge in [-0.05, 0) is 45.1 Å². The molecule has 0 saturated heterocycles. The third-order valence-corrected chi connectivity index (χ3v) is 5.66. The molecule has 1 aliphatic rings. The number of hydrogen-bond acceptors (Lipinski definition) is 5. The van der Waals surface area contributed by atoms with Gasteiger partial charge in [0.25, 0.3) is 0 Å². The van der Waals surface area contributed by atoms with E-state index in [1.165, 1.54) is 12.8 Å². The van der Waals surface area contributed by atoms with Crippen LogP contribution in [0.15, 0.2) is 27.7 Å². The summed E-state index contributed by atoms with van der Waals surface area (Å²) in [5.74, 6) is 3.27. The molecule has 3 rings (SSSR count). The lowest BCUT2D eigenvalue weighted by atomic mass is 10.1. The van der Waals surface area contributed by atoms with Gasteiger partial charge in [0, 0.05) is 30.6 Å². The lowest BCUT2D eigenvalue weighted by Gasteiger charge is -2.19. The molecule has 0 atom stereocenters. The van der Waals surface area contributed by atoms with E-state index in [-0.39, 0.29) is 6.10 Å². The second kappa shape index (κ2) is 11.6. The first-order valence-electron chi connectivity index (χ1n) is 11.5. The second-order valence-electron chi connectivity index (χ2n) is 7.76. The van der Waals surface area contributed by atoms with Gasteiger partial charge >= 0.3 is 0 Å². The molecule has 1 aromatic heterocycles. The molecule has 2 aromatic rings. The van der Waals surface area contributed by atoms with Crippen molar-refractivity contribution in [3.63, 3.8) is 0 Å². The molecule has 170 valence electrons. The highest BCUT2D eigenvalue weighted by atomic mass is 16.5. The zero-order chi connectivity index (χ0) is 22.1. The molecule has 0 bridgehead atoms. The van der Waals surface area contributed by atoms with Gasteiger partial charge in [-0.2, -0.15) is 0 Å². The minimum atomic E-state index is 0.263. The first-order valence-corrected chi connectivity index (χ1v) is 11.5. The van der Waals surface area contributed by atoms with Crippen LogP contribution in [0, 0.1) is 0 Å². The summed E-state index contributed by atoms with van der Waals surface area (Å²) in [6.07, 6.45) is 6.59. The van der Waals surface area contributed by atoms with Crippen LogP contribution in [0.5, 0.6) is 11.5 Å². The van der Waals surface area contributed by atoms with Gasteiger partial charge in [0.15, 0.2) is 17.5 Å². The molecule has 1 fully saturated rings. The molecule has 0 spiro atoms. The Morgan fingerprint density at radius 2 is 1.97 bits per heavy atom. The van der Waals surface area contributed by atoms with Crippen molar-refractivity contribution in [1.29, 1.82) is 0 Å². The van der Waals surface area contributed by atoms with E-state index in [2.05, 4.69) is 42.6 Å². The molecule has 1 aliphatic carbocycles. The fourth-order valence-electron chi connectivity index (χ4n) is 3.97. The molecule has 0 amide bonds. The van der Waals surface area contributed by atoms with Crippen LogP contribution in [-0.2, 0) is 25.9 Å². The van der Waals surface area contributed by atoms with Crippen LogP contribution >= 0.6 is 0 Å². The number of benzene rings is 1. The number of guanidine groups is 1. The van der Waals surface area contributed by atoms with Gasteiger partial charge in [-0.3, -0.25) is 0 Å². The number of nitrogens with one attached hydrogen (secondary N) is 2. The molecule has 0 unspecified atom stereocenters. The Bertz CT molecular complexity index is 835. The molecular weight excluding hydrogens is 392 g/mol. The van der Waals surface area contributed by atoms with E-state index in [4.69, 9.17) is 19.0 Å². The number of methoxy groups -OCH3 is 1. The number of rotatable bonds is 10. The molecule has 0 radical (unpaired) electrons. The average molecular weight is 429 g/mol. The monoisotopic (exact) mass is 428 g/mol. The van der Waals surface area contributed by atoms with Crippen molar-refractivity contribution in [2.75, 3.05) is 13.7 Å². The maximum atomic E-state index is 6.34. The average Bonchev–Trinajstić information content (AvgIpc) is 3.45. The highest BCUT2D eigenvalue weighted by Gasteiger charge is 2.20. The van der Waals surface area contributed by atoms with Crippen LogP contribution in [0.3, 0.4) is 0 Å². The van der Waals surface area contributed by atoms with E-state index < -0.39 is 0 Å². The predicted octanol–water partition coefficient (Wildman–Crippen LogP) is 4.38. The van der Waals surface area contributed by atoms with E-state index in [1.54, 1.807) is 7.11 Å². The Balaban J connectivity index is 1.75. The van der Waals surface area contributed by atoms with E-state index in [0.29, 0.717) is 13.1 Å². The Labute approximate surface area is 185 Å². The number of para-hydroxylation sites is 1. The summed E-state index contributed by atoms with van der Waals surface area (Å²) in [4.78, 5) is 4.81. The maximum Gasteiger partial charge on any atom is 0.191 e. The fraction of sp³-hybridized carbons (Fsp3) is 0.583. The molecule has 7 heteroatoms. The van der Waals surface area contributed by atoms with Gasteiger partial charge in [-0.25, -0.2) is 4.99 Å². The zero-order valence-corrected chi connectivity index (χ0v) is 19.3. The topological polar surface area (TPSA) is 80.9 Å². The Morgan fingerprint density at radius 1 is 1.16 bits per heavy atom. The van der Waals surface area contributed by atoms with Crippen molar-refractivity contribution >= 4 is 5.96 Å². The van der Waals surface area contributed by atoms with Gasteiger partial charge in [0.05, 0.1) is 25.5 Å². The van der Waals surface area contributed by atoms with Gasteiger partial charge in [0.2, 0.25) is 0 Å². The fourth-order valence-corrected chi connectivity index (χ4v) is 3.97. The SMILES string of the molecule is CCNC(=NCc1cccc(OC)c1OC1CCCC1)NCc1c(CC)noc1CC. The summed E-state index contributed by atoms with van der Waals surface area (Å²) < 4.78 is 17.4. The minimum Gasteiger partial charge on any atom is -0.493 e. The summed E-state index contributed by atoms with van der Waals surface area (Å²) in [6.45, 7) is 8.14. The number of hydrogen-bond donors (Lipinski definition) is 2. The normalized spacial score (nSPS) is 14.6. The van der Waals surface area contributed by atoms with E-state index in [1.807, 2.05) is 12.1 Å². The molecule has 1 heterocycles. The number of aliphatic imine (C=N–C) groups is 1. The number of aryl methyl sites for hydroxylation is 2. The molecule has 1 saturated carbocycles. The Morgan fingerprint density at radius 3 is 2.65 bits per heavy atom. The van der Waals surface area contributed by atoms with Gasteiger partial charge in [-0.15, -0.1) is 0 Å². The molecular formula is C24H36N4O3. The van der Waals surface area contributed by atoms with E-state index in [9.17, 15) is 0 Å². The summed E-state index contributed by atoms with van der Waals surface area (Å²) in [5.41, 5.74) is 3.15. The summed E-state index contributed by atoms with van der Waals surface area (Å²) in [6, 6.07) is 6.00. The zero-order valence-electron chi connectivity index (χ0n) is 19.3. The smallest absolute Gasteiger partial charge is 0.191 e. The number of aromatic nitrogens is 1. The van der Waals surface area contributed by atoms with Crippen LogP contribution in [0.1, 0.15) is 69.0 Å². The van der Waals surface area contributed by atoms with Crippen molar-refractivity contribution in [3.8, 4) is 11.5 Å². The molecule has 1 aromatic carbocycles. The van der Waals surface area contributed by atoms with Gasteiger partial charge in [0.1, 0.15) is 5.76 Å². The predicted molar refractivity (Wildman–Crippen MR) is 123 cm³/mol. The van der Waals surface area contributed by atoms with Crippen LogP contribution in [0.2, 0.25) is 0 Å². The summed E-state index contributed by atoms with van der Waals surface area (Å²) in [5, 5.41) is 11.0. The Kier molecular flexibility index (Phi) is 8.62. The van der Waals surface area contributed by atoms with E-state index in [0.717, 1.165) is 72.3 Å². The quantitative estimate of drug-likeness (QED) is 0.432. The lowest BCUT2D eigenvalue weighted by Crippen LogP contribution is -2.37. The van der Waals surface area contributed by atoms with Crippen LogP contribution in [0.4, 0.5) is 0 Å². The maximum absolute atomic E-state index is 6.34. The largest absolute Gasteiger partial charge is 0.493 e. The van der Waals surface area contributed by atoms with Crippen molar-refractivity contribution in [2.24, 2.45) is 4.99 Å². The van der Waals surface area contributed by atoms with Crippen molar-refractivity contribution in [2.45, 2.75) is 78.5 Å². The number of nitrogens with zero attached hydrogens (tertiary/aromatic N) is 2. The first-order chi connectivity index (χ1) is 15.2. The van der Waals surface area contributed by atoms with Crippen LogP contribution < -0.4 is 20.1 Å². The third-order valence-electron chi connectivity index (χ3n) is 5.66. The van der Waals surface area contributed by atoms with Crippen molar-refractivity contribution < 1.29 is 14.0 Å². The molecule has 0 aliphatic heterocycles. The highest BCUT2D eigenvalue weighted by Crippen LogP contribution is 2.35. The second-order valence-corrected chi connectivity index (χ2v) is 7.76. The van der Waals surface area contributed by atoms with Gasteiger partial charge < -0.3 is 24.6 Å². The number of ether oxygens (including phenoxy) is 2. The molecule has 2 N–H and O–H groups in total. The Hall–Kier alpha value is -2.70. The van der Waals surface area contributed by atoms with Crippen LogP contribution in [0.25, 0.3) is 0 Å². The molecule has 7 nitrogen and oxygen atoms in total. The van der Waals surface area contributed by atoms with Crippen molar-refractivity contribution in [3.05, 3.63) is 40.8 Å². The summed E-state index contributed by atoms with van der Waals surface area (Å²) in [7, 11) is 1.69. The van der Waals surface area contributed by atoms with Crippen molar-refractivity contribution in [1.82, 2.24) is 15.8 Å². The van der Waals surface area contributed by atoms with E-state index >= 15 is 0 Å². The first kappa shape index (κ1) is 23.0. The van der Waals surface area contributed by atoms with Crippen LogP contribution in [-0.4, -0.2) is 30.9 Å².